The van der Waals surface area contributed by atoms with E-state index in [1.165, 1.54) is 0 Å². The largest absolute Gasteiger partial charge is 0.288 e. The molecule has 2 aliphatic rings. The van der Waals surface area contributed by atoms with E-state index in [1.807, 2.05) is 0 Å². The zero-order valence-electron chi connectivity index (χ0n) is 15.4. The average Bonchev–Trinajstić information content (AvgIpc) is 3.27. The van der Waals surface area contributed by atoms with Crippen LogP contribution in [0.25, 0.3) is 0 Å². The minimum absolute atomic E-state index is 0.101. The molecular formula is C17H12Br2FIN4O4. The number of fused-ring (bicyclic) bond motifs is 2. The summed E-state index contributed by atoms with van der Waals surface area (Å²) < 4.78 is 17.4. The van der Waals surface area contributed by atoms with E-state index in [2.05, 4.69) is 64.4 Å². The highest BCUT2D eigenvalue weighted by molar-refractivity contribution is 14.1. The van der Waals surface area contributed by atoms with Crippen molar-refractivity contribution in [2.75, 3.05) is 7.15 Å². The van der Waals surface area contributed by atoms with Crippen molar-refractivity contribution >= 4 is 75.8 Å². The fourth-order valence-electron chi connectivity index (χ4n) is 2.57. The van der Waals surface area contributed by atoms with Crippen molar-refractivity contribution in [3.8, 4) is 0 Å². The topological polar surface area (TPSA) is 111 Å². The predicted molar refractivity (Wildman–Crippen MR) is 124 cm³/mol. The maximum Gasteiger partial charge on any atom is 0.283 e. The third-order valence-electron chi connectivity index (χ3n) is 3.88. The van der Waals surface area contributed by atoms with Crippen LogP contribution in [-0.2, 0) is 13.1 Å². The quantitative estimate of drug-likeness (QED) is 0.230. The molecule has 0 atom stereocenters. The van der Waals surface area contributed by atoms with Crippen LogP contribution in [-0.4, -0.2) is 26.9 Å². The Bertz CT molecular complexity index is 1070. The van der Waals surface area contributed by atoms with Gasteiger partial charge in [0.25, 0.3) is 11.4 Å². The molecule has 2 aromatic carbocycles. The summed E-state index contributed by atoms with van der Waals surface area (Å²) in [4.78, 5) is 28.6. The van der Waals surface area contributed by atoms with Crippen LogP contribution < -0.4 is 0 Å². The van der Waals surface area contributed by atoms with Crippen molar-refractivity contribution in [3.63, 3.8) is 0 Å². The molecule has 0 spiro atoms. The highest BCUT2D eigenvalue weighted by Crippen LogP contribution is 2.33. The van der Waals surface area contributed by atoms with Crippen LogP contribution in [0.15, 0.2) is 43.2 Å². The molecule has 0 N–H and O–H groups in total. The Morgan fingerprint density at radius 2 is 1.62 bits per heavy atom. The Balaban J connectivity index is 0.000000190. The molecule has 0 saturated carbocycles. The van der Waals surface area contributed by atoms with Crippen molar-refractivity contribution in [1.29, 1.82) is 0 Å². The number of rotatable bonds is 2. The van der Waals surface area contributed by atoms with Crippen LogP contribution >= 0.6 is 54.5 Å². The van der Waals surface area contributed by atoms with Crippen molar-refractivity contribution in [1.82, 2.24) is 0 Å². The van der Waals surface area contributed by atoms with Crippen molar-refractivity contribution < 1.29 is 15.6 Å². The van der Waals surface area contributed by atoms with E-state index in [0.29, 0.717) is 22.0 Å². The average molecular weight is 643 g/mol. The molecule has 0 fully saturated rings. The number of aliphatic imine (C=N–C) groups is 2. The molecule has 0 aromatic heterocycles. The predicted octanol–water partition coefficient (Wildman–Crippen LogP) is 5.93. The van der Waals surface area contributed by atoms with E-state index in [1.54, 1.807) is 30.5 Å². The van der Waals surface area contributed by atoms with E-state index < -0.39 is 17.0 Å². The summed E-state index contributed by atoms with van der Waals surface area (Å²) in [5.74, 6) is 0. The first kappa shape index (κ1) is 21.9. The molecular weight excluding hydrogens is 630 g/mol. The molecule has 8 nitrogen and oxygen atoms in total. The molecule has 2 aliphatic heterocycles. The fraction of sp³-hybridized carbons (Fsp3) is 0.176. The van der Waals surface area contributed by atoms with Gasteiger partial charge in [-0.15, -0.1) is 0 Å². The Labute approximate surface area is 196 Å². The molecule has 12 heteroatoms. The number of hydrogen-bond donors (Lipinski definition) is 0. The standard InChI is InChI=1S/C8H4BrIN2O2.C8H5BrN2O2.CH3F/c9-6-2-5-4(3-11-8(5)10)1-7(6)12(13)14;9-7-1-5-3-10-4-6(5)2-8(7)11(12)13;1-2/h1-2H,3H2;1-3H,4H2;1H3/i;;1D. The van der Waals surface area contributed by atoms with Gasteiger partial charge in [0, 0.05) is 23.9 Å². The summed E-state index contributed by atoms with van der Waals surface area (Å²) >= 11 is 8.45. The van der Waals surface area contributed by atoms with Crippen LogP contribution in [0.4, 0.5) is 15.8 Å². The molecule has 2 heterocycles. The summed E-state index contributed by atoms with van der Waals surface area (Å²) in [6, 6.07) is 6.62. The van der Waals surface area contributed by atoms with E-state index in [4.69, 9.17) is 1.37 Å². The number of nitro groups is 2. The Hall–Kier alpha value is -1.80. The first-order chi connectivity index (χ1) is 14.2. The first-order valence-corrected chi connectivity index (χ1v) is 10.3. The van der Waals surface area contributed by atoms with Gasteiger partial charge in [0.05, 0.1) is 40.4 Å². The highest BCUT2D eigenvalue weighted by Gasteiger charge is 2.21. The first-order valence-electron chi connectivity index (χ1n) is 8.39. The van der Waals surface area contributed by atoms with Crippen molar-refractivity contribution in [2.45, 2.75) is 13.1 Å². The highest BCUT2D eigenvalue weighted by atomic mass is 127. The van der Waals surface area contributed by atoms with Gasteiger partial charge in [-0.2, -0.15) is 0 Å². The third kappa shape index (κ3) is 5.42. The van der Waals surface area contributed by atoms with E-state index in [0.717, 1.165) is 26.0 Å². The van der Waals surface area contributed by atoms with Crippen molar-refractivity contribution in [2.24, 2.45) is 9.98 Å². The zero-order valence-corrected chi connectivity index (χ0v) is 19.8. The van der Waals surface area contributed by atoms with Gasteiger partial charge >= 0.3 is 0 Å². The second-order valence-corrected chi connectivity index (χ2v) is 8.28. The Morgan fingerprint density at radius 1 is 1.07 bits per heavy atom. The Kier molecular flexibility index (Phi) is 7.77. The molecule has 4 rings (SSSR count). The second kappa shape index (κ2) is 10.3. The van der Waals surface area contributed by atoms with Crippen LogP contribution in [0.1, 0.15) is 23.6 Å². The minimum Gasteiger partial charge on any atom is -0.288 e. The SMILES string of the molecule is O=[N+]([O-])c1cc2c(cc1Br)C(I)=NC2.O=[N+]([O-])c1cc2c(cc1Br)C=NC2.[2H]CF. The van der Waals surface area contributed by atoms with Gasteiger partial charge in [-0.1, -0.05) is 0 Å². The van der Waals surface area contributed by atoms with Crippen molar-refractivity contribution in [3.05, 3.63) is 75.7 Å². The Morgan fingerprint density at radius 3 is 2.21 bits per heavy atom. The second-order valence-electron chi connectivity index (χ2n) is 5.55. The number of benzene rings is 2. The van der Waals surface area contributed by atoms with Gasteiger partial charge in [0.15, 0.2) is 0 Å². The molecule has 29 heavy (non-hydrogen) atoms. The van der Waals surface area contributed by atoms with Gasteiger partial charge < -0.3 is 0 Å². The van der Waals surface area contributed by atoms with Gasteiger partial charge in [-0.05, 0) is 83.3 Å². The molecule has 0 bridgehead atoms. The summed E-state index contributed by atoms with van der Waals surface area (Å²) in [6.45, 7) is 1.09. The van der Waals surface area contributed by atoms with E-state index >= 15 is 0 Å². The number of nitrogens with zero attached hydrogens (tertiary/aromatic N) is 4. The molecule has 0 radical (unpaired) electrons. The number of alkyl halides is 1. The van der Waals surface area contributed by atoms with Crippen LogP contribution in [0.3, 0.4) is 0 Å². The van der Waals surface area contributed by atoms with Crippen LogP contribution in [0.2, 0.25) is 0 Å². The van der Waals surface area contributed by atoms with E-state index in [-0.39, 0.29) is 11.4 Å². The molecule has 152 valence electrons. The lowest BCUT2D eigenvalue weighted by molar-refractivity contribution is -0.385. The lowest BCUT2D eigenvalue weighted by atomic mass is 10.1. The van der Waals surface area contributed by atoms with E-state index in [9.17, 15) is 24.6 Å². The molecule has 0 aliphatic carbocycles. The summed E-state index contributed by atoms with van der Waals surface area (Å²) in [5.41, 5.74) is 3.98. The maximum atomic E-state index is 10.6. The van der Waals surface area contributed by atoms with Gasteiger partial charge in [0.1, 0.15) is 3.72 Å². The summed E-state index contributed by atoms with van der Waals surface area (Å²) in [5, 5.41) is 21.2. The lowest BCUT2D eigenvalue weighted by Crippen LogP contribution is -1.94. The third-order valence-corrected chi connectivity index (χ3v) is 6.07. The summed E-state index contributed by atoms with van der Waals surface area (Å²) in [6.07, 6.45) is 1.73. The normalized spacial score (nSPS) is 13.1. The molecule has 0 amide bonds. The van der Waals surface area contributed by atoms with Gasteiger partial charge in [-0.3, -0.25) is 34.6 Å². The van der Waals surface area contributed by atoms with Gasteiger partial charge in [0.2, 0.25) is 0 Å². The smallest absolute Gasteiger partial charge is 0.283 e. The van der Waals surface area contributed by atoms with Gasteiger partial charge in [-0.25, -0.2) is 0 Å². The zero-order chi connectivity index (χ0) is 22.4. The van der Waals surface area contributed by atoms with Crippen LogP contribution in [0.5, 0.6) is 0 Å². The lowest BCUT2D eigenvalue weighted by Gasteiger charge is -2.00. The maximum absolute atomic E-state index is 10.6. The fourth-order valence-corrected chi connectivity index (χ4v) is 4.23. The number of hydrogen-bond acceptors (Lipinski definition) is 6. The molecule has 2 aromatic rings. The summed E-state index contributed by atoms with van der Waals surface area (Å²) in [7, 11) is -1.00. The minimum atomic E-state index is -1.00. The number of halogens is 4. The van der Waals surface area contributed by atoms with Crippen LogP contribution in [0, 0.1) is 20.2 Å². The molecule has 0 unspecified atom stereocenters. The number of nitro benzene ring substituents is 2. The monoisotopic (exact) mass is 641 g/mol. The molecule has 0 saturated heterocycles.